The second-order valence-corrected chi connectivity index (χ2v) is 7.97. The predicted molar refractivity (Wildman–Crippen MR) is 92.1 cm³/mol. The maximum atomic E-state index is 12.5. The lowest BCUT2D eigenvalue weighted by atomic mass is 9.94. The van der Waals surface area contributed by atoms with E-state index in [9.17, 15) is 9.59 Å². The zero-order valence-corrected chi connectivity index (χ0v) is 15.1. The van der Waals surface area contributed by atoms with Gasteiger partial charge in [-0.2, -0.15) is 0 Å². The number of carbonyl (C=O) groups is 2. The quantitative estimate of drug-likeness (QED) is 0.780. The van der Waals surface area contributed by atoms with Gasteiger partial charge in [0.1, 0.15) is 0 Å². The Bertz CT molecular complexity index is 401. The molecule has 5 heteroatoms. The van der Waals surface area contributed by atoms with E-state index in [-0.39, 0.29) is 17.2 Å². The minimum atomic E-state index is -0.317. The normalized spacial score (nSPS) is 21.7. The van der Waals surface area contributed by atoms with Crippen LogP contribution in [-0.2, 0) is 9.59 Å². The van der Waals surface area contributed by atoms with E-state index in [1.54, 1.807) is 0 Å². The molecule has 0 atom stereocenters. The van der Waals surface area contributed by atoms with Crippen LogP contribution in [0, 0.1) is 5.41 Å². The fraction of sp³-hybridized carbons (Fsp3) is 0.889. The zero-order chi connectivity index (χ0) is 16.9. The summed E-state index contributed by atoms with van der Waals surface area (Å²) in [5.74, 6) is 0.481. The van der Waals surface area contributed by atoms with Gasteiger partial charge in [-0.3, -0.25) is 14.5 Å². The minimum Gasteiger partial charge on any atom is -0.342 e. The van der Waals surface area contributed by atoms with Gasteiger partial charge in [-0.05, 0) is 12.8 Å². The fourth-order valence-electron chi connectivity index (χ4n) is 3.37. The summed E-state index contributed by atoms with van der Waals surface area (Å²) < 4.78 is 0. The van der Waals surface area contributed by atoms with Crippen LogP contribution < -0.4 is 0 Å². The zero-order valence-electron chi connectivity index (χ0n) is 15.1. The molecule has 132 valence electrons. The molecule has 0 N–H and O–H groups in total. The average Bonchev–Trinajstić information content (AvgIpc) is 2.46. The summed E-state index contributed by atoms with van der Waals surface area (Å²) in [5, 5.41) is 0. The molecule has 0 aromatic carbocycles. The standard InChI is InChI=1S/C18H33N3O2/c1-18(2,3)17(23)21-13-11-19(12-14-21)15-16(22)20-9-7-5-4-6-8-10-20/h4-15H2,1-3H3. The summed E-state index contributed by atoms with van der Waals surface area (Å²) >= 11 is 0. The second kappa shape index (κ2) is 8.13. The maximum absolute atomic E-state index is 12.5. The van der Waals surface area contributed by atoms with Crippen LogP contribution >= 0.6 is 0 Å². The lowest BCUT2D eigenvalue weighted by molar-refractivity contribution is -0.141. The first-order chi connectivity index (χ1) is 10.9. The Morgan fingerprint density at radius 1 is 0.739 bits per heavy atom. The van der Waals surface area contributed by atoms with Crippen LogP contribution in [0.4, 0.5) is 0 Å². The highest BCUT2D eigenvalue weighted by Crippen LogP contribution is 2.18. The molecule has 0 saturated carbocycles. The van der Waals surface area contributed by atoms with Crippen LogP contribution in [0.2, 0.25) is 0 Å². The monoisotopic (exact) mass is 323 g/mol. The highest BCUT2D eigenvalue weighted by molar-refractivity contribution is 5.81. The molecule has 2 saturated heterocycles. The van der Waals surface area contributed by atoms with Crippen LogP contribution in [0.5, 0.6) is 0 Å². The summed E-state index contributed by atoms with van der Waals surface area (Å²) in [6.45, 7) is 11.3. The van der Waals surface area contributed by atoms with Gasteiger partial charge in [0.2, 0.25) is 11.8 Å². The van der Waals surface area contributed by atoms with Crippen LogP contribution in [0.25, 0.3) is 0 Å². The van der Waals surface area contributed by atoms with E-state index in [0.29, 0.717) is 6.54 Å². The van der Waals surface area contributed by atoms with Gasteiger partial charge in [0.25, 0.3) is 0 Å². The fourth-order valence-corrected chi connectivity index (χ4v) is 3.37. The lowest BCUT2D eigenvalue weighted by Crippen LogP contribution is -2.53. The number of likely N-dealkylation sites (tertiary alicyclic amines) is 1. The number of nitrogens with zero attached hydrogens (tertiary/aromatic N) is 3. The second-order valence-electron chi connectivity index (χ2n) is 7.97. The predicted octanol–water partition coefficient (Wildman–Crippen LogP) is 1.97. The van der Waals surface area contributed by atoms with Crippen LogP contribution in [0.3, 0.4) is 0 Å². The smallest absolute Gasteiger partial charge is 0.236 e. The van der Waals surface area contributed by atoms with Gasteiger partial charge in [-0.1, -0.05) is 40.0 Å². The molecule has 2 fully saturated rings. The van der Waals surface area contributed by atoms with Crippen molar-refractivity contribution in [2.75, 3.05) is 45.8 Å². The third-order valence-corrected chi connectivity index (χ3v) is 4.87. The third-order valence-electron chi connectivity index (χ3n) is 4.87. The molecule has 2 aliphatic rings. The molecule has 2 aliphatic heterocycles. The van der Waals surface area contributed by atoms with Gasteiger partial charge in [-0.15, -0.1) is 0 Å². The largest absolute Gasteiger partial charge is 0.342 e. The van der Waals surface area contributed by atoms with Crippen molar-refractivity contribution in [1.82, 2.24) is 14.7 Å². The Balaban J connectivity index is 1.77. The van der Waals surface area contributed by atoms with Crippen LogP contribution in [0.15, 0.2) is 0 Å². The molecule has 0 spiro atoms. The lowest BCUT2D eigenvalue weighted by Gasteiger charge is -2.38. The number of amides is 2. The van der Waals surface area contributed by atoms with Crippen molar-refractivity contribution in [3.8, 4) is 0 Å². The highest BCUT2D eigenvalue weighted by atomic mass is 16.2. The summed E-state index contributed by atoms with van der Waals surface area (Å²) in [5.41, 5.74) is -0.317. The van der Waals surface area contributed by atoms with Gasteiger partial charge >= 0.3 is 0 Å². The average molecular weight is 323 g/mol. The Morgan fingerprint density at radius 2 is 1.26 bits per heavy atom. The Kier molecular flexibility index (Phi) is 6.45. The van der Waals surface area contributed by atoms with E-state index < -0.39 is 0 Å². The van der Waals surface area contributed by atoms with E-state index in [2.05, 4.69) is 4.90 Å². The Morgan fingerprint density at radius 3 is 1.78 bits per heavy atom. The number of piperazine rings is 1. The molecule has 0 radical (unpaired) electrons. The number of rotatable bonds is 2. The number of carbonyl (C=O) groups excluding carboxylic acids is 2. The van der Waals surface area contributed by atoms with Gasteiger partial charge in [0.15, 0.2) is 0 Å². The molecule has 2 amide bonds. The number of hydrogen-bond acceptors (Lipinski definition) is 3. The first-order valence-electron chi connectivity index (χ1n) is 9.17. The molecule has 23 heavy (non-hydrogen) atoms. The molecule has 0 aliphatic carbocycles. The summed E-state index contributed by atoms with van der Waals surface area (Å²) in [6, 6.07) is 0. The molecular weight excluding hydrogens is 290 g/mol. The van der Waals surface area contributed by atoms with Crippen molar-refractivity contribution in [3.05, 3.63) is 0 Å². The summed E-state index contributed by atoms with van der Waals surface area (Å²) in [7, 11) is 0. The van der Waals surface area contributed by atoms with E-state index in [1.165, 1.54) is 19.3 Å². The van der Waals surface area contributed by atoms with Crippen LogP contribution in [-0.4, -0.2) is 72.3 Å². The van der Waals surface area contributed by atoms with Crippen LogP contribution in [0.1, 0.15) is 52.9 Å². The Labute approximate surface area is 141 Å². The van der Waals surface area contributed by atoms with Crippen molar-refractivity contribution in [3.63, 3.8) is 0 Å². The molecular formula is C18H33N3O2. The van der Waals surface area contributed by atoms with Crippen molar-refractivity contribution in [1.29, 1.82) is 0 Å². The first kappa shape index (κ1) is 18.2. The minimum absolute atomic E-state index is 0.215. The molecule has 0 bridgehead atoms. The molecule has 0 aromatic rings. The molecule has 2 heterocycles. The van der Waals surface area contributed by atoms with E-state index in [1.807, 2.05) is 30.6 Å². The Hall–Kier alpha value is -1.10. The van der Waals surface area contributed by atoms with E-state index >= 15 is 0 Å². The van der Waals surface area contributed by atoms with Gasteiger partial charge in [-0.25, -0.2) is 0 Å². The molecule has 0 aromatic heterocycles. The SMILES string of the molecule is CC(C)(C)C(=O)N1CCN(CC(=O)N2CCCCCCC2)CC1. The van der Waals surface area contributed by atoms with Crippen molar-refractivity contribution in [2.24, 2.45) is 5.41 Å². The maximum Gasteiger partial charge on any atom is 0.236 e. The third kappa shape index (κ3) is 5.48. The van der Waals surface area contributed by atoms with E-state index in [4.69, 9.17) is 0 Å². The van der Waals surface area contributed by atoms with E-state index in [0.717, 1.165) is 52.1 Å². The molecule has 0 unspecified atom stereocenters. The topological polar surface area (TPSA) is 43.9 Å². The first-order valence-corrected chi connectivity index (χ1v) is 9.17. The van der Waals surface area contributed by atoms with Crippen molar-refractivity contribution in [2.45, 2.75) is 52.9 Å². The summed E-state index contributed by atoms with van der Waals surface area (Å²) in [4.78, 5) is 31.0. The summed E-state index contributed by atoms with van der Waals surface area (Å²) in [6.07, 6.45) is 6.08. The van der Waals surface area contributed by atoms with Gasteiger partial charge in [0.05, 0.1) is 6.54 Å². The molecule has 5 nitrogen and oxygen atoms in total. The van der Waals surface area contributed by atoms with Crippen molar-refractivity contribution >= 4 is 11.8 Å². The number of hydrogen-bond donors (Lipinski definition) is 0. The van der Waals surface area contributed by atoms with Crippen molar-refractivity contribution < 1.29 is 9.59 Å². The van der Waals surface area contributed by atoms with Gasteiger partial charge in [0, 0.05) is 44.7 Å². The van der Waals surface area contributed by atoms with Gasteiger partial charge < -0.3 is 9.80 Å². The molecule has 2 rings (SSSR count). The highest BCUT2D eigenvalue weighted by Gasteiger charge is 2.30.